The molecule has 0 fully saturated rings. The van der Waals surface area contributed by atoms with E-state index in [4.69, 9.17) is 5.11 Å². The number of pyridine rings is 1. The number of hydrogen-bond acceptors (Lipinski definition) is 3. The summed E-state index contributed by atoms with van der Waals surface area (Å²) in [5.74, 6) is -1.43. The second kappa shape index (κ2) is 5.16. The fourth-order valence-electron chi connectivity index (χ4n) is 1.19. The predicted octanol–water partition coefficient (Wildman–Crippen LogP) is 1.94. The highest BCUT2D eigenvalue weighted by atomic mass is 16.4. The maximum absolute atomic E-state index is 11.9. The van der Waals surface area contributed by atoms with Crippen molar-refractivity contribution in [2.24, 2.45) is 5.41 Å². The van der Waals surface area contributed by atoms with Gasteiger partial charge < -0.3 is 10.4 Å². The average molecular weight is 250 g/mol. The van der Waals surface area contributed by atoms with Crippen molar-refractivity contribution in [3.05, 3.63) is 29.6 Å². The summed E-state index contributed by atoms with van der Waals surface area (Å²) in [5, 5.41) is 11.7. The first-order valence-electron chi connectivity index (χ1n) is 5.72. The van der Waals surface area contributed by atoms with Crippen molar-refractivity contribution < 1.29 is 14.7 Å². The summed E-state index contributed by atoms with van der Waals surface area (Å²) >= 11 is 0. The molecule has 0 aromatic carbocycles. The van der Waals surface area contributed by atoms with Gasteiger partial charge in [0.25, 0.3) is 5.91 Å². The molecule has 1 aromatic rings. The van der Waals surface area contributed by atoms with Crippen molar-refractivity contribution in [1.82, 2.24) is 10.3 Å². The number of aromatic carboxylic acids is 1. The Balaban J connectivity index is 2.85. The molecule has 0 radical (unpaired) electrons. The monoisotopic (exact) mass is 250 g/mol. The van der Waals surface area contributed by atoms with E-state index in [1.54, 1.807) is 0 Å². The van der Waals surface area contributed by atoms with Gasteiger partial charge in [-0.05, 0) is 24.5 Å². The number of carboxylic acids is 1. The van der Waals surface area contributed by atoms with Crippen LogP contribution in [0.3, 0.4) is 0 Å². The van der Waals surface area contributed by atoms with Crippen LogP contribution >= 0.6 is 0 Å². The van der Waals surface area contributed by atoms with Crippen molar-refractivity contribution in [3.8, 4) is 0 Å². The third-order valence-corrected chi connectivity index (χ3v) is 2.89. The number of hydrogen-bond donors (Lipinski definition) is 2. The highest BCUT2D eigenvalue weighted by molar-refractivity contribution is 5.96. The van der Waals surface area contributed by atoms with Crippen LogP contribution in [0.5, 0.6) is 0 Å². The third kappa shape index (κ3) is 3.55. The second-order valence-electron chi connectivity index (χ2n) is 5.30. The molecule has 0 bridgehead atoms. The molecular weight excluding hydrogens is 232 g/mol. The first-order valence-corrected chi connectivity index (χ1v) is 5.72. The standard InChI is InChI=1S/C13H18N2O3/c1-8(13(2,3)4)15-11(16)9-5-6-14-10(7-9)12(17)18/h5-8H,1-4H3,(H,15,16)(H,17,18). The number of nitrogens with one attached hydrogen (secondary N) is 1. The van der Waals surface area contributed by atoms with Gasteiger partial charge in [-0.2, -0.15) is 0 Å². The summed E-state index contributed by atoms with van der Waals surface area (Å²) in [6.07, 6.45) is 1.32. The van der Waals surface area contributed by atoms with E-state index < -0.39 is 5.97 Å². The van der Waals surface area contributed by atoms with Crippen LogP contribution in [-0.4, -0.2) is 28.0 Å². The molecule has 98 valence electrons. The van der Waals surface area contributed by atoms with Crippen molar-refractivity contribution in [1.29, 1.82) is 0 Å². The van der Waals surface area contributed by atoms with Crippen LogP contribution < -0.4 is 5.32 Å². The van der Waals surface area contributed by atoms with Gasteiger partial charge in [0.2, 0.25) is 0 Å². The lowest BCUT2D eigenvalue weighted by molar-refractivity contribution is 0.0690. The molecule has 0 saturated heterocycles. The molecule has 1 atom stereocenters. The van der Waals surface area contributed by atoms with Gasteiger partial charge in [-0.15, -0.1) is 0 Å². The molecule has 5 nitrogen and oxygen atoms in total. The first kappa shape index (κ1) is 14.2. The number of amides is 1. The normalized spacial score (nSPS) is 12.9. The molecule has 1 amide bonds. The van der Waals surface area contributed by atoms with Gasteiger partial charge in [0.1, 0.15) is 5.69 Å². The largest absolute Gasteiger partial charge is 0.477 e. The molecular formula is C13H18N2O3. The minimum Gasteiger partial charge on any atom is -0.477 e. The van der Waals surface area contributed by atoms with E-state index in [1.807, 2.05) is 27.7 Å². The molecule has 1 unspecified atom stereocenters. The first-order chi connectivity index (χ1) is 8.21. The Hall–Kier alpha value is -1.91. The molecule has 1 aromatic heterocycles. The van der Waals surface area contributed by atoms with E-state index in [0.29, 0.717) is 5.56 Å². The number of nitrogens with zero attached hydrogens (tertiary/aromatic N) is 1. The summed E-state index contributed by atoms with van der Waals surface area (Å²) in [7, 11) is 0. The van der Waals surface area contributed by atoms with Crippen molar-refractivity contribution >= 4 is 11.9 Å². The van der Waals surface area contributed by atoms with Crippen LogP contribution in [0.1, 0.15) is 48.5 Å². The quantitative estimate of drug-likeness (QED) is 0.859. The molecule has 1 heterocycles. The van der Waals surface area contributed by atoms with Gasteiger partial charge in [0.05, 0.1) is 0 Å². The molecule has 5 heteroatoms. The highest BCUT2D eigenvalue weighted by Crippen LogP contribution is 2.18. The number of carbonyl (C=O) groups excluding carboxylic acids is 1. The molecule has 0 aliphatic rings. The minimum absolute atomic E-state index is 0.0218. The van der Waals surface area contributed by atoms with Crippen LogP contribution in [0.15, 0.2) is 18.3 Å². The lowest BCUT2D eigenvalue weighted by Crippen LogP contribution is -2.41. The maximum atomic E-state index is 11.9. The molecule has 0 saturated carbocycles. The van der Waals surface area contributed by atoms with Gasteiger partial charge in [0.15, 0.2) is 0 Å². The van der Waals surface area contributed by atoms with E-state index in [-0.39, 0.29) is 23.1 Å². The minimum atomic E-state index is -1.14. The maximum Gasteiger partial charge on any atom is 0.354 e. The molecule has 18 heavy (non-hydrogen) atoms. The zero-order chi connectivity index (χ0) is 13.9. The molecule has 0 spiro atoms. The summed E-state index contributed by atoms with van der Waals surface area (Å²) in [6.45, 7) is 7.98. The highest BCUT2D eigenvalue weighted by Gasteiger charge is 2.22. The lowest BCUT2D eigenvalue weighted by Gasteiger charge is -2.28. The van der Waals surface area contributed by atoms with Gasteiger partial charge in [-0.1, -0.05) is 20.8 Å². The SMILES string of the molecule is CC(NC(=O)c1ccnc(C(=O)O)c1)C(C)(C)C. The van der Waals surface area contributed by atoms with Gasteiger partial charge in [0, 0.05) is 17.8 Å². The van der Waals surface area contributed by atoms with E-state index in [2.05, 4.69) is 10.3 Å². The smallest absolute Gasteiger partial charge is 0.354 e. The Labute approximate surface area is 106 Å². The number of rotatable bonds is 3. The van der Waals surface area contributed by atoms with E-state index in [9.17, 15) is 9.59 Å². The van der Waals surface area contributed by atoms with Crippen molar-refractivity contribution in [2.45, 2.75) is 33.7 Å². The summed E-state index contributed by atoms with van der Waals surface area (Å²) in [5.41, 5.74) is 0.114. The topological polar surface area (TPSA) is 79.3 Å². The van der Waals surface area contributed by atoms with Crippen LogP contribution in [0.2, 0.25) is 0 Å². The van der Waals surface area contributed by atoms with Gasteiger partial charge >= 0.3 is 5.97 Å². The van der Waals surface area contributed by atoms with Crippen LogP contribution in [0.4, 0.5) is 0 Å². The van der Waals surface area contributed by atoms with Gasteiger partial charge in [-0.25, -0.2) is 9.78 Å². The Morgan fingerprint density at radius 1 is 1.39 bits per heavy atom. The molecule has 0 aliphatic carbocycles. The van der Waals surface area contributed by atoms with Crippen LogP contribution in [-0.2, 0) is 0 Å². The van der Waals surface area contributed by atoms with E-state index in [1.165, 1.54) is 18.3 Å². The Bertz CT molecular complexity index is 464. The van der Waals surface area contributed by atoms with Crippen LogP contribution in [0, 0.1) is 5.41 Å². The zero-order valence-electron chi connectivity index (χ0n) is 11.0. The number of carbonyl (C=O) groups is 2. The average Bonchev–Trinajstić information content (AvgIpc) is 2.27. The lowest BCUT2D eigenvalue weighted by atomic mass is 9.88. The van der Waals surface area contributed by atoms with E-state index in [0.717, 1.165) is 0 Å². The Kier molecular flexibility index (Phi) is 4.06. The number of aromatic nitrogens is 1. The summed E-state index contributed by atoms with van der Waals surface area (Å²) in [6, 6.07) is 2.75. The zero-order valence-corrected chi connectivity index (χ0v) is 11.0. The van der Waals surface area contributed by atoms with Crippen molar-refractivity contribution in [3.63, 3.8) is 0 Å². The van der Waals surface area contributed by atoms with Crippen molar-refractivity contribution in [2.75, 3.05) is 0 Å². The Morgan fingerprint density at radius 2 is 2.00 bits per heavy atom. The summed E-state index contributed by atoms with van der Waals surface area (Å²) < 4.78 is 0. The fraction of sp³-hybridized carbons (Fsp3) is 0.462. The predicted molar refractivity (Wildman–Crippen MR) is 67.6 cm³/mol. The van der Waals surface area contributed by atoms with Gasteiger partial charge in [-0.3, -0.25) is 4.79 Å². The van der Waals surface area contributed by atoms with Crippen LogP contribution in [0.25, 0.3) is 0 Å². The molecule has 0 aliphatic heterocycles. The summed E-state index contributed by atoms with van der Waals surface area (Å²) in [4.78, 5) is 26.4. The second-order valence-corrected chi connectivity index (χ2v) is 5.30. The van der Waals surface area contributed by atoms with E-state index >= 15 is 0 Å². The molecule has 1 rings (SSSR count). The molecule has 2 N–H and O–H groups in total. The fourth-order valence-corrected chi connectivity index (χ4v) is 1.19. The Morgan fingerprint density at radius 3 is 2.50 bits per heavy atom. The third-order valence-electron chi connectivity index (χ3n) is 2.89. The number of carboxylic acid groups (broad SMARTS) is 1.